The Morgan fingerprint density at radius 2 is 1.94 bits per heavy atom. The van der Waals surface area contributed by atoms with E-state index in [1.54, 1.807) is 36.5 Å². The molecule has 0 fully saturated rings. The number of aromatic amines is 1. The minimum absolute atomic E-state index is 0.200. The molecule has 0 saturated carbocycles. The van der Waals surface area contributed by atoms with Crippen LogP contribution in [0.1, 0.15) is 0 Å². The first-order valence-electron chi connectivity index (χ1n) is 4.96. The van der Waals surface area contributed by atoms with E-state index in [4.69, 9.17) is 4.52 Å². The van der Waals surface area contributed by atoms with Crippen molar-refractivity contribution in [2.75, 3.05) is 0 Å². The Bertz CT molecular complexity index is 613. The van der Waals surface area contributed by atoms with Crippen molar-refractivity contribution in [2.45, 2.75) is 0 Å². The molecule has 84 valence electrons. The largest absolute Gasteiger partial charge is 0.508 e. The highest BCUT2D eigenvalue weighted by molar-refractivity contribution is 5.58. The molecule has 0 bridgehead atoms. The summed E-state index contributed by atoms with van der Waals surface area (Å²) in [7, 11) is 0. The van der Waals surface area contributed by atoms with E-state index < -0.39 is 0 Å². The Morgan fingerprint density at radius 1 is 1.12 bits per heavy atom. The van der Waals surface area contributed by atoms with Crippen LogP contribution in [0.3, 0.4) is 0 Å². The van der Waals surface area contributed by atoms with Crippen molar-refractivity contribution in [1.29, 1.82) is 0 Å². The summed E-state index contributed by atoms with van der Waals surface area (Å²) < 4.78 is 5.10. The van der Waals surface area contributed by atoms with Crippen LogP contribution in [0.5, 0.6) is 5.75 Å². The van der Waals surface area contributed by atoms with Crippen LogP contribution in [-0.4, -0.2) is 25.4 Å². The second-order valence-electron chi connectivity index (χ2n) is 3.44. The fraction of sp³-hybridized carbons (Fsp3) is 0. The minimum Gasteiger partial charge on any atom is -0.508 e. The average Bonchev–Trinajstić information content (AvgIpc) is 3.00. The number of benzene rings is 1. The molecule has 0 unspecified atom stereocenters. The predicted octanol–water partition coefficient (Wildman–Crippen LogP) is 1.83. The molecule has 6 nitrogen and oxygen atoms in total. The molecule has 3 rings (SSSR count). The minimum atomic E-state index is 0.200. The van der Waals surface area contributed by atoms with E-state index in [1.165, 1.54) is 0 Å². The van der Waals surface area contributed by atoms with Crippen molar-refractivity contribution < 1.29 is 9.63 Å². The molecule has 0 aliphatic heterocycles. The molecule has 0 radical (unpaired) electrons. The molecule has 6 heteroatoms. The third kappa shape index (κ3) is 1.76. The zero-order valence-corrected chi connectivity index (χ0v) is 8.66. The predicted molar refractivity (Wildman–Crippen MR) is 59.0 cm³/mol. The highest BCUT2D eigenvalue weighted by Gasteiger charge is 2.11. The summed E-state index contributed by atoms with van der Waals surface area (Å²) >= 11 is 0. The molecule has 0 aliphatic carbocycles. The van der Waals surface area contributed by atoms with Gasteiger partial charge in [0.2, 0.25) is 5.82 Å². The molecular formula is C11H8N4O2. The normalized spacial score (nSPS) is 10.6. The first kappa shape index (κ1) is 9.59. The first-order chi connectivity index (χ1) is 8.33. The summed E-state index contributed by atoms with van der Waals surface area (Å²) in [5, 5.41) is 19.6. The standard InChI is InChI=1S/C11H8N4O2/c16-8-3-1-7(2-4-8)10-13-11(17-15-10)9-5-6-12-14-9/h1-6,16H,(H,12,14). The van der Waals surface area contributed by atoms with Crippen LogP contribution in [0.15, 0.2) is 41.1 Å². The van der Waals surface area contributed by atoms with E-state index in [0.717, 1.165) is 5.56 Å². The van der Waals surface area contributed by atoms with Crippen molar-refractivity contribution in [1.82, 2.24) is 20.3 Å². The number of H-pyrrole nitrogens is 1. The van der Waals surface area contributed by atoms with Crippen molar-refractivity contribution in [3.63, 3.8) is 0 Å². The Hall–Kier alpha value is -2.63. The van der Waals surface area contributed by atoms with Gasteiger partial charge in [0.05, 0.1) is 0 Å². The van der Waals surface area contributed by atoms with E-state index in [1.807, 2.05) is 0 Å². The van der Waals surface area contributed by atoms with E-state index in [9.17, 15) is 5.11 Å². The summed E-state index contributed by atoms with van der Waals surface area (Å²) in [6.45, 7) is 0. The van der Waals surface area contributed by atoms with Crippen LogP contribution in [0.2, 0.25) is 0 Å². The number of nitrogens with one attached hydrogen (secondary N) is 1. The second kappa shape index (κ2) is 3.75. The molecule has 17 heavy (non-hydrogen) atoms. The lowest BCUT2D eigenvalue weighted by Crippen LogP contribution is -1.81. The van der Waals surface area contributed by atoms with Gasteiger partial charge in [-0.1, -0.05) is 5.16 Å². The first-order valence-corrected chi connectivity index (χ1v) is 4.96. The van der Waals surface area contributed by atoms with Crippen LogP contribution >= 0.6 is 0 Å². The van der Waals surface area contributed by atoms with Crippen LogP contribution in [0.25, 0.3) is 23.0 Å². The Morgan fingerprint density at radius 3 is 2.65 bits per heavy atom. The van der Waals surface area contributed by atoms with E-state index >= 15 is 0 Å². The molecule has 0 atom stereocenters. The molecule has 0 aliphatic rings. The molecule has 0 saturated heterocycles. The molecule has 3 aromatic rings. The van der Waals surface area contributed by atoms with Crippen LogP contribution in [-0.2, 0) is 0 Å². The zero-order valence-electron chi connectivity index (χ0n) is 8.66. The molecular weight excluding hydrogens is 220 g/mol. The smallest absolute Gasteiger partial charge is 0.276 e. The summed E-state index contributed by atoms with van der Waals surface area (Å²) in [6, 6.07) is 8.32. The zero-order chi connectivity index (χ0) is 11.7. The number of aromatic nitrogens is 4. The molecule has 2 heterocycles. The Balaban J connectivity index is 1.98. The van der Waals surface area contributed by atoms with Gasteiger partial charge in [0.15, 0.2) is 0 Å². The average molecular weight is 228 g/mol. The lowest BCUT2D eigenvalue weighted by atomic mass is 10.2. The van der Waals surface area contributed by atoms with Gasteiger partial charge in [-0.05, 0) is 30.3 Å². The third-order valence-corrected chi connectivity index (χ3v) is 2.28. The Kier molecular flexibility index (Phi) is 2.11. The molecule has 2 N–H and O–H groups in total. The van der Waals surface area contributed by atoms with Gasteiger partial charge in [-0.25, -0.2) is 0 Å². The number of rotatable bonds is 2. The highest BCUT2D eigenvalue weighted by atomic mass is 16.5. The van der Waals surface area contributed by atoms with Gasteiger partial charge in [0.25, 0.3) is 5.89 Å². The topological polar surface area (TPSA) is 87.8 Å². The number of hydrogen-bond donors (Lipinski definition) is 2. The summed E-state index contributed by atoms with van der Waals surface area (Å²) in [4.78, 5) is 4.22. The van der Waals surface area contributed by atoms with E-state index in [0.29, 0.717) is 17.4 Å². The van der Waals surface area contributed by atoms with E-state index in [2.05, 4.69) is 20.3 Å². The van der Waals surface area contributed by atoms with Crippen LogP contribution < -0.4 is 0 Å². The summed E-state index contributed by atoms with van der Waals surface area (Å²) in [6.07, 6.45) is 1.61. The number of aromatic hydroxyl groups is 1. The maximum absolute atomic E-state index is 9.18. The van der Waals surface area contributed by atoms with Crippen LogP contribution in [0, 0.1) is 0 Å². The number of phenols is 1. The van der Waals surface area contributed by atoms with Crippen molar-refractivity contribution in [3.05, 3.63) is 36.5 Å². The number of phenolic OH excluding ortho intramolecular Hbond substituents is 1. The maximum Gasteiger partial charge on any atom is 0.276 e. The van der Waals surface area contributed by atoms with E-state index in [-0.39, 0.29) is 5.75 Å². The lowest BCUT2D eigenvalue weighted by Gasteiger charge is -1.93. The lowest BCUT2D eigenvalue weighted by molar-refractivity contribution is 0.431. The fourth-order valence-electron chi connectivity index (χ4n) is 1.44. The van der Waals surface area contributed by atoms with Gasteiger partial charge < -0.3 is 9.63 Å². The molecule has 0 spiro atoms. The molecule has 0 amide bonds. The molecule has 2 aromatic heterocycles. The Labute approximate surface area is 95.9 Å². The van der Waals surface area contributed by atoms with Crippen molar-refractivity contribution in [3.8, 4) is 28.7 Å². The van der Waals surface area contributed by atoms with Gasteiger partial charge in [-0.2, -0.15) is 10.1 Å². The van der Waals surface area contributed by atoms with Gasteiger partial charge in [-0.3, -0.25) is 5.10 Å². The number of nitrogens with zero attached hydrogens (tertiary/aromatic N) is 3. The van der Waals surface area contributed by atoms with Crippen molar-refractivity contribution in [2.24, 2.45) is 0 Å². The third-order valence-electron chi connectivity index (χ3n) is 2.28. The SMILES string of the molecule is Oc1ccc(-c2noc(-c3ccn[nH]3)n2)cc1. The van der Waals surface area contributed by atoms with Gasteiger partial charge in [0.1, 0.15) is 11.4 Å². The molecule has 1 aromatic carbocycles. The summed E-state index contributed by atoms with van der Waals surface area (Å²) in [5.74, 6) is 1.05. The fourth-order valence-corrected chi connectivity index (χ4v) is 1.44. The quantitative estimate of drug-likeness (QED) is 0.698. The number of hydrogen-bond acceptors (Lipinski definition) is 5. The van der Waals surface area contributed by atoms with Gasteiger partial charge >= 0.3 is 0 Å². The maximum atomic E-state index is 9.18. The summed E-state index contributed by atoms with van der Waals surface area (Å²) in [5.41, 5.74) is 1.44. The highest BCUT2D eigenvalue weighted by Crippen LogP contribution is 2.22. The monoisotopic (exact) mass is 228 g/mol. The second-order valence-corrected chi connectivity index (χ2v) is 3.44. The van der Waals surface area contributed by atoms with Gasteiger partial charge in [-0.15, -0.1) is 0 Å². The van der Waals surface area contributed by atoms with Crippen molar-refractivity contribution >= 4 is 0 Å². The van der Waals surface area contributed by atoms with Gasteiger partial charge in [0, 0.05) is 11.8 Å². The van der Waals surface area contributed by atoms with Crippen LogP contribution in [0.4, 0.5) is 0 Å².